The van der Waals surface area contributed by atoms with Gasteiger partial charge in [-0.15, -0.1) is 0 Å². The molecule has 5 nitrogen and oxygen atoms in total. The molecule has 1 aliphatic rings. The van der Waals surface area contributed by atoms with Crippen molar-refractivity contribution in [1.82, 2.24) is 10.2 Å². The van der Waals surface area contributed by atoms with Crippen molar-refractivity contribution in [2.75, 3.05) is 19.7 Å². The number of nitrogens with zero attached hydrogens (tertiary/aromatic N) is 1. The molecule has 0 saturated carbocycles. The number of benzene rings is 2. The molecule has 3 rings (SSSR count). The first-order valence-electron chi connectivity index (χ1n) is 9.50. The summed E-state index contributed by atoms with van der Waals surface area (Å²) in [5.74, 6) is 0.671. The second-order valence-corrected chi connectivity index (χ2v) is 6.69. The summed E-state index contributed by atoms with van der Waals surface area (Å²) in [4.78, 5) is 26.6. The van der Waals surface area contributed by atoms with Gasteiger partial charge >= 0.3 is 0 Å². The Bertz CT molecular complexity index is 759. The lowest BCUT2D eigenvalue weighted by molar-refractivity contribution is -0.133. The third-order valence-corrected chi connectivity index (χ3v) is 4.79. The Morgan fingerprint density at radius 1 is 1.11 bits per heavy atom. The van der Waals surface area contributed by atoms with E-state index in [9.17, 15) is 9.59 Å². The summed E-state index contributed by atoms with van der Waals surface area (Å²) < 4.78 is 5.48. The molecule has 1 unspecified atom stereocenters. The fourth-order valence-corrected chi connectivity index (χ4v) is 3.48. The van der Waals surface area contributed by atoms with E-state index in [4.69, 9.17) is 4.74 Å². The van der Waals surface area contributed by atoms with Gasteiger partial charge in [-0.3, -0.25) is 9.59 Å². The maximum Gasteiger partial charge on any atom is 0.242 e. The van der Waals surface area contributed by atoms with Crippen LogP contribution < -0.4 is 10.1 Å². The number of hydrogen-bond donors (Lipinski definition) is 1. The highest BCUT2D eigenvalue weighted by Gasteiger charge is 2.29. The summed E-state index contributed by atoms with van der Waals surface area (Å²) in [5.41, 5.74) is 2.05. The lowest BCUT2D eigenvalue weighted by Gasteiger charge is -2.25. The van der Waals surface area contributed by atoms with Crippen molar-refractivity contribution in [3.63, 3.8) is 0 Å². The van der Waals surface area contributed by atoms with Gasteiger partial charge in [0.05, 0.1) is 25.6 Å². The molecule has 0 aromatic heterocycles. The van der Waals surface area contributed by atoms with Crippen molar-refractivity contribution in [2.24, 2.45) is 0 Å². The quantitative estimate of drug-likeness (QED) is 0.819. The van der Waals surface area contributed by atoms with Crippen molar-refractivity contribution in [3.8, 4) is 5.75 Å². The Hall–Kier alpha value is -2.82. The van der Waals surface area contributed by atoms with Gasteiger partial charge in [0.2, 0.25) is 11.8 Å². The zero-order chi connectivity index (χ0) is 19.1. The van der Waals surface area contributed by atoms with Gasteiger partial charge in [-0.05, 0) is 43.0 Å². The summed E-state index contributed by atoms with van der Waals surface area (Å²) >= 11 is 0. The number of carbonyl (C=O) groups is 2. The van der Waals surface area contributed by atoms with Crippen molar-refractivity contribution in [1.29, 1.82) is 0 Å². The number of likely N-dealkylation sites (tertiary alicyclic amines) is 1. The van der Waals surface area contributed by atoms with Crippen LogP contribution in [0, 0.1) is 0 Å². The van der Waals surface area contributed by atoms with E-state index in [-0.39, 0.29) is 30.8 Å². The van der Waals surface area contributed by atoms with Gasteiger partial charge in [-0.1, -0.05) is 42.5 Å². The van der Waals surface area contributed by atoms with Crippen LogP contribution in [0.3, 0.4) is 0 Å². The van der Waals surface area contributed by atoms with Crippen LogP contribution in [0.15, 0.2) is 54.6 Å². The second-order valence-electron chi connectivity index (χ2n) is 6.69. The van der Waals surface area contributed by atoms with E-state index < -0.39 is 0 Å². The van der Waals surface area contributed by atoms with Crippen LogP contribution in [0.25, 0.3) is 0 Å². The molecular formula is C22H26N2O3. The van der Waals surface area contributed by atoms with Gasteiger partial charge in [0, 0.05) is 6.54 Å². The number of carbonyl (C=O) groups excluding carboxylic acids is 2. The predicted octanol–water partition coefficient (Wildman–Crippen LogP) is 3.11. The van der Waals surface area contributed by atoms with E-state index in [0.29, 0.717) is 6.61 Å². The Morgan fingerprint density at radius 2 is 1.85 bits per heavy atom. The Balaban J connectivity index is 1.54. The summed E-state index contributed by atoms with van der Waals surface area (Å²) in [6.07, 6.45) is 2.20. The van der Waals surface area contributed by atoms with Crippen molar-refractivity contribution in [2.45, 2.75) is 32.2 Å². The van der Waals surface area contributed by atoms with Crippen LogP contribution in [0.2, 0.25) is 0 Å². The average Bonchev–Trinajstić information content (AvgIpc) is 3.18. The molecule has 1 aliphatic heterocycles. The highest BCUT2D eigenvalue weighted by atomic mass is 16.5. The first-order chi connectivity index (χ1) is 13.2. The average molecular weight is 366 g/mol. The molecule has 2 amide bonds. The molecule has 142 valence electrons. The molecule has 0 bridgehead atoms. The number of hydrogen-bond acceptors (Lipinski definition) is 3. The molecule has 1 fully saturated rings. The van der Waals surface area contributed by atoms with Crippen LogP contribution >= 0.6 is 0 Å². The molecule has 1 N–H and O–H groups in total. The molecule has 2 aromatic rings. The minimum absolute atomic E-state index is 0.0344. The third-order valence-electron chi connectivity index (χ3n) is 4.79. The third kappa shape index (κ3) is 5.09. The predicted molar refractivity (Wildman–Crippen MR) is 104 cm³/mol. The second kappa shape index (κ2) is 9.21. The fraction of sp³-hybridized carbons (Fsp3) is 0.364. The van der Waals surface area contributed by atoms with Crippen LogP contribution in [-0.2, 0) is 16.0 Å². The zero-order valence-electron chi connectivity index (χ0n) is 15.7. The van der Waals surface area contributed by atoms with Gasteiger partial charge in [0.25, 0.3) is 0 Å². The maximum absolute atomic E-state index is 12.6. The number of nitrogens with one attached hydrogen (secondary N) is 1. The van der Waals surface area contributed by atoms with Crippen LogP contribution in [-0.4, -0.2) is 36.4 Å². The van der Waals surface area contributed by atoms with Crippen molar-refractivity contribution in [3.05, 3.63) is 65.7 Å². The molecule has 0 radical (unpaired) electrons. The van der Waals surface area contributed by atoms with Crippen molar-refractivity contribution < 1.29 is 14.3 Å². The fourth-order valence-electron chi connectivity index (χ4n) is 3.48. The van der Waals surface area contributed by atoms with Crippen LogP contribution in [0.4, 0.5) is 0 Å². The van der Waals surface area contributed by atoms with E-state index in [1.54, 1.807) is 0 Å². The summed E-state index contributed by atoms with van der Waals surface area (Å²) in [6.45, 7) is 3.36. The topological polar surface area (TPSA) is 58.6 Å². The Labute approximate surface area is 160 Å². The molecule has 27 heavy (non-hydrogen) atoms. The van der Waals surface area contributed by atoms with E-state index in [0.717, 1.165) is 36.3 Å². The van der Waals surface area contributed by atoms with Gasteiger partial charge in [0.1, 0.15) is 5.75 Å². The molecular weight excluding hydrogens is 340 g/mol. The first-order valence-corrected chi connectivity index (χ1v) is 9.50. The standard InChI is InChI=1S/C22H26N2O3/c1-2-27-19-12-10-18(11-13-19)20-9-6-14-24(20)22(26)16-23-21(25)15-17-7-4-3-5-8-17/h3-5,7-8,10-13,20H,2,6,9,14-16H2,1H3,(H,23,25). The monoisotopic (exact) mass is 366 g/mol. The number of amides is 2. The maximum atomic E-state index is 12.6. The lowest BCUT2D eigenvalue weighted by Crippen LogP contribution is -2.40. The molecule has 1 saturated heterocycles. The first kappa shape index (κ1) is 19.0. The van der Waals surface area contributed by atoms with E-state index in [1.807, 2.05) is 66.4 Å². The summed E-state index contributed by atoms with van der Waals surface area (Å²) in [5, 5.41) is 2.76. The zero-order valence-corrected chi connectivity index (χ0v) is 15.7. The van der Waals surface area contributed by atoms with E-state index in [2.05, 4.69) is 5.32 Å². The molecule has 1 heterocycles. The summed E-state index contributed by atoms with van der Waals surface area (Å²) in [7, 11) is 0. The number of rotatable bonds is 7. The highest BCUT2D eigenvalue weighted by molar-refractivity contribution is 5.86. The van der Waals surface area contributed by atoms with E-state index >= 15 is 0 Å². The summed E-state index contributed by atoms with van der Waals surface area (Å²) in [6, 6.07) is 17.5. The lowest BCUT2D eigenvalue weighted by atomic mass is 10.0. The SMILES string of the molecule is CCOc1ccc(C2CCCN2C(=O)CNC(=O)Cc2ccccc2)cc1. The van der Waals surface area contributed by atoms with E-state index in [1.165, 1.54) is 0 Å². The smallest absolute Gasteiger partial charge is 0.242 e. The minimum Gasteiger partial charge on any atom is -0.494 e. The Morgan fingerprint density at radius 3 is 2.56 bits per heavy atom. The van der Waals surface area contributed by atoms with Crippen molar-refractivity contribution >= 4 is 11.8 Å². The normalized spacial score (nSPS) is 16.2. The van der Waals surface area contributed by atoms with Crippen LogP contribution in [0.5, 0.6) is 5.75 Å². The Kier molecular flexibility index (Phi) is 6.47. The largest absolute Gasteiger partial charge is 0.494 e. The van der Waals surface area contributed by atoms with Gasteiger partial charge in [-0.2, -0.15) is 0 Å². The molecule has 2 aromatic carbocycles. The highest BCUT2D eigenvalue weighted by Crippen LogP contribution is 2.32. The molecule has 0 aliphatic carbocycles. The molecule has 5 heteroatoms. The molecule has 0 spiro atoms. The van der Waals surface area contributed by atoms with Crippen LogP contribution in [0.1, 0.15) is 36.9 Å². The number of ether oxygens (including phenoxy) is 1. The van der Waals surface area contributed by atoms with Gasteiger partial charge in [-0.25, -0.2) is 0 Å². The minimum atomic E-state index is -0.133. The van der Waals surface area contributed by atoms with Gasteiger partial charge in [0.15, 0.2) is 0 Å². The van der Waals surface area contributed by atoms with Gasteiger partial charge < -0.3 is 15.0 Å². The molecule has 1 atom stereocenters.